The first-order valence-electron chi connectivity index (χ1n) is 10.5. The molecule has 2 aliphatic heterocycles. The van der Waals surface area contributed by atoms with Gasteiger partial charge in [0.2, 0.25) is 5.91 Å². The zero-order chi connectivity index (χ0) is 22.8. The van der Waals surface area contributed by atoms with Gasteiger partial charge >= 0.3 is 12.1 Å². The third kappa shape index (κ3) is 5.24. The molecule has 168 valence electrons. The van der Waals surface area contributed by atoms with Crippen LogP contribution in [-0.4, -0.2) is 53.1 Å². The van der Waals surface area contributed by atoms with Gasteiger partial charge < -0.3 is 14.4 Å². The van der Waals surface area contributed by atoms with Gasteiger partial charge in [-0.25, -0.2) is 14.0 Å². The molecule has 1 saturated heterocycles. The smallest absolute Gasteiger partial charge is 0.410 e. The summed E-state index contributed by atoms with van der Waals surface area (Å²) in [5.41, 5.74) is 1.02. The standard InChI is InChI=1S/C23H29FN2O5/c1-5-30-21(28)17-10-11-20(27)25-12-13-26(22(29)31-23(2,3)4)18(14-19(17)25)15-6-8-16(24)9-7-15/h6-9,18H,5,10-14H2,1-4H3/t18-/m1/s1. The molecule has 0 saturated carbocycles. The fraction of sp³-hybridized carbons (Fsp3) is 0.522. The van der Waals surface area contributed by atoms with Gasteiger partial charge in [0.05, 0.1) is 18.2 Å². The fourth-order valence-electron chi connectivity index (χ4n) is 3.93. The summed E-state index contributed by atoms with van der Waals surface area (Å²) in [6.45, 7) is 7.77. The minimum absolute atomic E-state index is 0.0908. The van der Waals surface area contributed by atoms with Gasteiger partial charge in [0.15, 0.2) is 0 Å². The summed E-state index contributed by atoms with van der Waals surface area (Å²) >= 11 is 0. The van der Waals surface area contributed by atoms with E-state index in [0.717, 1.165) is 0 Å². The topological polar surface area (TPSA) is 76.2 Å². The van der Waals surface area contributed by atoms with Crippen LogP contribution in [0.3, 0.4) is 0 Å². The van der Waals surface area contributed by atoms with Crippen LogP contribution in [0.15, 0.2) is 35.5 Å². The van der Waals surface area contributed by atoms with Gasteiger partial charge in [-0.05, 0) is 51.8 Å². The van der Waals surface area contributed by atoms with E-state index in [4.69, 9.17) is 9.47 Å². The minimum atomic E-state index is -0.699. The summed E-state index contributed by atoms with van der Waals surface area (Å²) in [4.78, 5) is 41.4. The molecular weight excluding hydrogens is 403 g/mol. The summed E-state index contributed by atoms with van der Waals surface area (Å²) in [7, 11) is 0. The average molecular weight is 432 g/mol. The van der Waals surface area contributed by atoms with E-state index in [1.807, 2.05) is 0 Å². The lowest BCUT2D eigenvalue weighted by Gasteiger charge is -2.32. The van der Waals surface area contributed by atoms with Crippen LogP contribution >= 0.6 is 0 Å². The molecule has 31 heavy (non-hydrogen) atoms. The van der Waals surface area contributed by atoms with Gasteiger partial charge in [0.25, 0.3) is 0 Å². The number of halogens is 1. The van der Waals surface area contributed by atoms with Crippen molar-refractivity contribution < 1.29 is 28.2 Å². The van der Waals surface area contributed by atoms with Crippen LogP contribution in [0.1, 0.15) is 58.6 Å². The molecule has 0 radical (unpaired) electrons. The van der Waals surface area contributed by atoms with Crippen molar-refractivity contribution in [1.29, 1.82) is 0 Å². The first kappa shape index (κ1) is 22.8. The van der Waals surface area contributed by atoms with Gasteiger partial charge in [-0.3, -0.25) is 9.69 Å². The van der Waals surface area contributed by atoms with Crippen LogP contribution in [-0.2, 0) is 19.1 Å². The number of benzene rings is 1. The number of rotatable bonds is 3. The van der Waals surface area contributed by atoms with Crippen molar-refractivity contribution in [3.8, 4) is 0 Å². The molecular formula is C23H29FN2O5. The van der Waals surface area contributed by atoms with Gasteiger partial charge in [-0.1, -0.05) is 12.1 Å². The Morgan fingerprint density at radius 2 is 1.81 bits per heavy atom. The number of ether oxygens (including phenoxy) is 2. The summed E-state index contributed by atoms with van der Waals surface area (Å²) < 4.78 is 24.4. The molecule has 0 aliphatic carbocycles. The Balaban J connectivity index is 2.06. The van der Waals surface area contributed by atoms with E-state index in [2.05, 4.69) is 0 Å². The molecule has 2 heterocycles. The molecule has 1 aromatic rings. The van der Waals surface area contributed by atoms with Gasteiger partial charge in [0.1, 0.15) is 11.4 Å². The lowest BCUT2D eigenvalue weighted by atomic mass is 9.94. The van der Waals surface area contributed by atoms with E-state index in [9.17, 15) is 18.8 Å². The van der Waals surface area contributed by atoms with Crippen molar-refractivity contribution in [1.82, 2.24) is 9.80 Å². The molecule has 0 spiro atoms. The summed E-state index contributed by atoms with van der Waals surface area (Å²) in [5.74, 6) is -0.924. The van der Waals surface area contributed by atoms with Crippen LogP contribution in [0, 0.1) is 5.82 Å². The zero-order valence-electron chi connectivity index (χ0n) is 18.4. The molecule has 3 rings (SSSR count). The molecule has 1 atom stereocenters. The summed E-state index contributed by atoms with van der Waals surface area (Å²) in [6.07, 6.45) is 0.217. The molecule has 0 aromatic heterocycles. The first-order valence-corrected chi connectivity index (χ1v) is 10.5. The highest BCUT2D eigenvalue weighted by molar-refractivity contribution is 5.93. The predicted octanol–water partition coefficient (Wildman–Crippen LogP) is 3.95. The highest BCUT2D eigenvalue weighted by Crippen LogP contribution is 2.37. The number of hydrogen-bond acceptors (Lipinski definition) is 5. The van der Waals surface area contributed by atoms with E-state index in [-0.39, 0.29) is 44.3 Å². The minimum Gasteiger partial charge on any atom is -0.463 e. The monoisotopic (exact) mass is 432 g/mol. The van der Waals surface area contributed by atoms with E-state index < -0.39 is 23.7 Å². The van der Waals surface area contributed by atoms with Crippen LogP contribution < -0.4 is 0 Å². The van der Waals surface area contributed by atoms with Crippen molar-refractivity contribution in [2.75, 3.05) is 19.7 Å². The van der Waals surface area contributed by atoms with E-state index in [1.165, 1.54) is 12.1 Å². The van der Waals surface area contributed by atoms with Gasteiger partial charge in [-0.15, -0.1) is 0 Å². The van der Waals surface area contributed by atoms with Crippen molar-refractivity contribution in [2.24, 2.45) is 0 Å². The lowest BCUT2D eigenvalue weighted by molar-refractivity contribution is -0.139. The number of carbonyl (C=O) groups excluding carboxylic acids is 3. The van der Waals surface area contributed by atoms with Gasteiger partial charge in [0, 0.05) is 31.6 Å². The van der Waals surface area contributed by atoms with Crippen LogP contribution in [0.5, 0.6) is 0 Å². The second-order valence-electron chi connectivity index (χ2n) is 8.64. The number of fused-ring (bicyclic) bond motifs is 1. The SMILES string of the molecule is CCOC(=O)C1=C2C[C@H](c3ccc(F)cc3)N(C(=O)OC(C)(C)C)CCN2C(=O)CC1. The molecule has 2 aliphatic rings. The summed E-state index contributed by atoms with van der Waals surface area (Å²) in [5, 5.41) is 0. The molecule has 1 aromatic carbocycles. The number of nitrogens with zero attached hydrogens (tertiary/aromatic N) is 2. The van der Waals surface area contributed by atoms with Crippen molar-refractivity contribution in [2.45, 2.75) is 58.6 Å². The van der Waals surface area contributed by atoms with Crippen molar-refractivity contribution >= 4 is 18.0 Å². The second kappa shape index (κ2) is 9.08. The highest BCUT2D eigenvalue weighted by Gasteiger charge is 2.39. The van der Waals surface area contributed by atoms with E-state index in [0.29, 0.717) is 23.3 Å². The van der Waals surface area contributed by atoms with Crippen molar-refractivity contribution in [3.63, 3.8) is 0 Å². The van der Waals surface area contributed by atoms with E-state index in [1.54, 1.807) is 49.6 Å². The molecule has 2 amide bonds. The fourth-order valence-corrected chi connectivity index (χ4v) is 3.93. The molecule has 0 N–H and O–H groups in total. The Hall–Kier alpha value is -2.90. The van der Waals surface area contributed by atoms with Crippen LogP contribution in [0.4, 0.5) is 9.18 Å². The quantitative estimate of drug-likeness (QED) is 0.676. The molecule has 1 fully saturated rings. The Morgan fingerprint density at radius 3 is 2.42 bits per heavy atom. The number of carbonyl (C=O) groups is 3. The maximum Gasteiger partial charge on any atom is 0.410 e. The molecule has 8 heteroatoms. The number of esters is 1. The second-order valence-corrected chi connectivity index (χ2v) is 8.64. The largest absolute Gasteiger partial charge is 0.463 e. The summed E-state index contributed by atoms with van der Waals surface area (Å²) in [6, 6.07) is 5.37. The first-order chi connectivity index (χ1) is 14.6. The Labute approximate surface area is 181 Å². The highest BCUT2D eigenvalue weighted by atomic mass is 19.1. The Bertz CT molecular complexity index is 888. The van der Waals surface area contributed by atoms with Gasteiger partial charge in [-0.2, -0.15) is 0 Å². The maximum absolute atomic E-state index is 13.6. The lowest BCUT2D eigenvalue weighted by Crippen LogP contribution is -2.41. The predicted molar refractivity (Wildman–Crippen MR) is 111 cm³/mol. The maximum atomic E-state index is 13.6. The number of hydrogen-bond donors (Lipinski definition) is 0. The Morgan fingerprint density at radius 1 is 1.13 bits per heavy atom. The Kier molecular flexibility index (Phi) is 6.67. The molecule has 7 nitrogen and oxygen atoms in total. The van der Waals surface area contributed by atoms with E-state index >= 15 is 0 Å². The van der Waals surface area contributed by atoms with Crippen molar-refractivity contribution in [3.05, 3.63) is 46.9 Å². The van der Waals surface area contributed by atoms with Crippen LogP contribution in [0.25, 0.3) is 0 Å². The third-order valence-electron chi connectivity index (χ3n) is 5.30. The molecule has 0 unspecified atom stereocenters. The van der Waals surface area contributed by atoms with Crippen LogP contribution in [0.2, 0.25) is 0 Å². The molecule has 0 bridgehead atoms. The number of amides is 2. The third-order valence-corrected chi connectivity index (χ3v) is 5.30. The zero-order valence-corrected chi connectivity index (χ0v) is 18.4. The average Bonchev–Trinajstić information content (AvgIpc) is 2.88. The normalized spacial score (nSPS) is 19.6.